The van der Waals surface area contributed by atoms with Gasteiger partial charge in [0.15, 0.2) is 5.52 Å². The Morgan fingerprint density at radius 1 is 0.706 bits per heavy atom. The average molecular weight is 469 g/mol. The first kappa shape index (κ1) is 23.7. The molecule has 0 aliphatic heterocycles. The number of ether oxygens (including phenoxy) is 2. The lowest BCUT2D eigenvalue weighted by Crippen LogP contribution is -2.10. The van der Waals surface area contributed by atoms with Gasteiger partial charge in [0.1, 0.15) is 24.7 Å². The van der Waals surface area contributed by atoms with Crippen LogP contribution in [0, 0.1) is 20.8 Å². The number of carbonyl (C=O) groups excluding carboxylic acids is 1. The summed E-state index contributed by atoms with van der Waals surface area (Å²) in [6, 6.07) is 30.0. The van der Waals surface area contributed by atoms with E-state index in [-0.39, 0.29) is 14.1 Å². The molecule has 0 amide bonds. The van der Waals surface area contributed by atoms with Crippen molar-refractivity contribution in [3.63, 3.8) is 0 Å². The molecule has 172 valence electrons. The lowest BCUT2D eigenvalue weighted by molar-refractivity contribution is 0.108. The molecule has 34 heavy (non-hydrogen) atoms. The van der Waals surface area contributed by atoms with Gasteiger partial charge in [0.25, 0.3) is 0 Å². The summed E-state index contributed by atoms with van der Waals surface area (Å²) in [5, 5.41) is 0.882. The first-order valence-corrected chi connectivity index (χ1v) is 12.4. The van der Waals surface area contributed by atoms with E-state index in [0.29, 0.717) is 19.0 Å². The van der Waals surface area contributed by atoms with Gasteiger partial charge in [0.2, 0.25) is 0 Å². The summed E-state index contributed by atoms with van der Waals surface area (Å²) in [6.07, 6.45) is 0. The number of carbonyl (C=O) groups is 1. The van der Waals surface area contributed by atoms with Gasteiger partial charge in [-0.2, -0.15) is 0 Å². The van der Waals surface area contributed by atoms with Crippen LogP contribution in [0.5, 0.6) is 11.5 Å². The lowest BCUT2D eigenvalue weighted by atomic mass is 10.0. The minimum absolute atomic E-state index is 0.0366. The van der Waals surface area contributed by atoms with E-state index in [2.05, 4.69) is 19.1 Å². The highest BCUT2D eigenvalue weighted by molar-refractivity contribution is 7.66. The highest BCUT2D eigenvalue weighted by Gasteiger charge is 2.17. The van der Waals surface area contributed by atoms with Crippen molar-refractivity contribution in [2.24, 2.45) is 0 Å². The Balaban J connectivity index is 1.57. The summed E-state index contributed by atoms with van der Waals surface area (Å²) in [6.45, 7) is 6.97. The maximum atomic E-state index is 13.3. The molecule has 4 rings (SSSR count). The zero-order valence-corrected chi connectivity index (χ0v) is 20.8. The highest BCUT2D eigenvalue weighted by Crippen LogP contribution is 2.31. The third-order valence-corrected chi connectivity index (χ3v) is 6.75. The summed E-state index contributed by atoms with van der Waals surface area (Å²) in [5.41, 5.74) is 6.31. The topological polar surface area (TPSA) is 35.5 Å². The van der Waals surface area contributed by atoms with Gasteiger partial charge in [-0.1, -0.05) is 78.4 Å². The van der Waals surface area contributed by atoms with Crippen LogP contribution >= 0.6 is 8.58 Å². The molecule has 4 aromatic carbocycles. The van der Waals surface area contributed by atoms with Crippen LogP contribution in [0.3, 0.4) is 0 Å². The standard InChI is InChI=1S/C30H29O3P/c1-21-16-22(2)29(23(3)17-21)30(31)34-28-15-14-26(32-19-24-10-6-4-7-11-24)18-27(28)33-20-25-12-8-5-9-13-25/h4-18,34H,19-20H2,1-3H3. The van der Waals surface area contributed by atoms with Crippen LogP contribution in [0.25, 0.3) is 0 Å². The molecule has 0 fully saturated rings. The monoisotopic (exact) mass is 468 g/mol. The number of rotatable bonds is 9. The number of benzene rings is 4. The highest BCUT2D eigenvalue weighted by atomic mass is 31.1. The van der Waals surface area contributed by atoms with Gasteiger partial charge in [0, 0.05) is 16.9 Å². The Labute approximate surface area is 203 Å². The summed E-state index contributed by atoms with van der Waals surface area (Å²) >= 11 is 0. The molecule has 0 N–H and O–H groups in total. The van der Waals surface area contributed by atoms with Gasteiger partial charge in [-0.3, -0.25) is 4.79 Å². The van der Waals surface area contributed by atoms with E-state index in [0.717, 1.165) is 38.9 Å². The predicted molar refractivity (Wildman–Crippen MR) is 141 cm³/mol. The fraction of sp³-hybridized carbons (Fsp3) is 0.167. The predicted octanol–water partition coefficient (Wildman–Crippen LogP) is 6.91. The molecule has 0 saturated carbocycles. The first-order valence-electron chi connectivity index (χ1n) is 11.4. The lowest BCUT2D eigenvalue weighted by Gasteiger charge is -2.15. The van der Waals surface area contributed by atoms with Crippen molar-refractivity contribution in [3.8, 4) is 11.5 Å². The molecule has 3 nitrogen and oxygen atoms in total. The Morgan fingerprint density at radius 2 is 1.26 bits per heavy atom. The number of aryl methyl sites for hydroxylation is 3. The van der Waals surface area contributed by atoms with Crippen LogP contribution in [0.2, 0.25) is 0 Å². The SMILES string of the molecule is Cc1cc(C)c(C(=O)Pc2ccc(OCc3ccccc3)cc2OCc2ccccc2)c(C)c1. The van der Waals surface area contributed by atoms with Crippen LogP contribution in [0.4, 0.5) is 0 Å². The molecule has 0 saturated heterocycles. The Bertz CT molecular complexity index is 1240. The molecule has 4 heteroatoms. The second-order valence-corrected chi connectivity index (χ2v) is 9.68. The summed E-state index contributed by atoms with van der Waals surface area (Å²) in [5.74, 6) is 1.40. The molecule has 4 aromatic rings. The third-order valence-electron chi connectivity index (χ3n) is 5.59. The van der Waals surface area contributed by atoms with Crippen molar-refractivity contribution in [2.45, 2.75) is 34.0 Å². The van der Waals surface area contributed by atoms with E-state index in [1.807, 2.05) is 92.7 Å². The first-order chi connectivity index (χ1) is 16.5. The Kier molecular flexibility index (Phi) is 7.77. The van der Waals surface area contributed by atoms with E-state index >= 15 is 0 Å². The molecule has 0 aliphatic rings. The number of hydrogen-bond acceptors (Lipinski definition) is 3. The van der Waals surface area contributed by atoms with Gasteiger partial charge >= 0.3 is 0 Å². The normalized spacial score (nSPS) is 11.0. The van der Waals surface area contributed by atoms with Crippen LogP contribution < -0.4 is 14.8 Å². The van der Waals surface area contributed by atoms with Crippen LogP contribution in [-0.4, -0.2) is 5.52 Å². The van der Waals surface area contributed by atoms with E-state index in [4.69, 9.17) is 9.47 Å². The maximum absolute atomic E-state index is 13.3. The van der Waals surface area contributed by atoms with Crippen molar-refractivity contribution in [1.29, 1.82) is 0 Å². The molecule has 0 aromatic heterocycles. The van der Waals surface area contributed by atoms with E-state index in [1.165, 1.54) is 5.56 Å². The second-order valence-electron chi connectivity index (χ2n) is 8.43. The van der Waals surface area contributed by atoms with Crippen molar-refractivity contribution >= 4 is 19.4 Å². The van der Waals surface area contributed by atoms with Crippen molar-refractivity contribution in [2.75, 3.05) is 0 Å². The molecule has 0 heterocycles. The van der Waals surface area contributed by atoms with Gasteiger partial charge in [-0.15, -0.1) is 0 Å². The number of hydrogen-bond donors (Lipinski definition) is 0. The van der Waals surface area contributed by atoms with E-state index in [1.54, 1.807) is 0 Å². The smallest absolute Gasteiger partial charge is 0.186 e. The van der Waals surface area contributed by atoms with Gasteiger partial charge in [-0.05, 0) is 63.7 Å². The van der Waals surface area contributed by atoms with E-state index < -0.39 is 0 Å². The quantitative estimate of drug-likeness (QED) is 0.250. The van der Waals surface area contributed by atoms with E-state index in [9.17, 15) is 4.79 Å². The van der Waals surface area contributed by atoms with Gasteiger partial charge < -0.3 is 9.47 Å². The summed E-state index contributed by atoms with van der Waals surface area (Å²) < 4.78 is 12.2. The minimum atomic E-state index is -0.0366. The minimum Gasteiger partial charge on any atom is -0.489 e. The molecule has 0 spiro atoms. The molecular weight excluding hydrogens is 439 g/mol. The average Bonchev–Trinajstić information content (AvgIpc) is 2.83. The van der Waals surface area contributed by atoms with Crippen LogP contribution in [-0.2, 0) is 13.2 Å². The third kappa shape index (κ3) is 6.12. The molecule has 0 radical (unpaired) electrons. The molecule has 1 unspecified atom stereocenters. The fourth-order valence-electron chi connectivity index (χ4n) is 4.01. The van der Waals surface area contributed by atoms with Crippen molar-refractivity contribution < 1.29 is 14.3 Å². The Hall–Kier alpha value is -3.42. The largest absolute Gasteiger partial charge is 0.489 e. The fourth-order valence-corrected chi connectivity index (χ4v) is 5.21. The summed E-state index contributed by atoms with van der Waals surface area (Å²) in [4.78, 5) is 13.3. The van der Waals surface area contributed by atoms with Gasteiger partial charge in [0.05, 0.1) is 0 Å². The molecule has 0 aliphatic carbocycles. The maximum Gasteiger partial charge on any atom is 0.186 e. The van der Waals surface area contributed by atoms with Crippen LogP contribution in [0.1, 0.15) is 38.2 Å². The summed E-state index contributed by atoms with van der Waals surface area (Å²) in [7, 11) is -0.0366. The molecular formula is C30H29O3P. The molecule has 1 atom stereocenters. The van der Waals surface area contributed by atoms with Crippen molar-refractivity contribution in [3.05, 3.63) is 124 Å². The zero-order chi connectivity index (χ0) is 23.9. The zero-order valence-electron chi connectivity index (χ0n) is 19.8. The molecule has 0 bridgehead atoms. The Morgan fingerprint density at radius 3 is 1.85 bits per heavy atom. The van der Waals surface area contributed by atoms with Crippen molar-refractivity contribution in [1.82, 2.24) is 0 Å². The second kappa shape index (κ2) is 11.1. The van der Waals surface area contributed by atoms with Crippen LogP contribution in [0.15, 0.2) is 91.0 Å². The van der Waals surface area contributed by atoms with Gasteiger partial charge in [-0.25, -0.2) is 0 Å².